The molecule has 0 bridgehead atoms. The van der Waals surface area contributed by atoms with E-state index in [0.29, 0.717) is 35.0 Å². The number of allylic oxidation sites excluding steroid dienone is 6. The zero-order valence-electron chi connectivity index (χ0n) is 40.0. The van der Waals surface area contributed by atoms with Crippen molar-refractivity contribution in [2.24, 2.45) is 0 Å². The number of anilines is 2. The SMILES string of the molecule is C/C=C\C=C/c1cc2cc(-c3cc(-c4ccc5c(c4)c4c(n5-c5c(O)c(O)c(O)c(O)c5O)CCC=C4)cc(C4CCCC=C4N(c4ccccc4)c4ccccc4)c3)ccc2n1-c1c(O)c(O)c(O)c(O)c1O. The molecule has 0 radical (unpaired) electrons. The number of aromatic hydroxyl groups is 10. The molecule has 370 valence electrons. The van der Waals surface area contributed by atoms with Gasteiger partial charge in [0.15, 0.2) is 23.0 Å². The highest BCUT2D eigenvalue weighted by molar-refractivity contribution is 5.98. The molecule has 9 aromatic rings. The summed E-state index contributed by atoms with van der Waals surface area (Å²) in [7, 11) is 0. The number of phenols is 10. The standard InChI is InChI=1S/C61H51N3O10/c1-2-3-6-19-42-32-39-28-34(24-26-46(39)63(42)50-52(65)56(69)60(73)57(70)53(50)66)36-29-37(31-38(30-36)43-20-11-13-22-47(43)62(40-15-7-4-8-16-40)41-17-9-5-10-18-41)35-25-27-49-45(33-35)44-21-12-14-23-48(44)64(49)51-54(67)58(71)61(74)59(72)55(51)68/h2-10,12,15-19,21-22,24-33,43,65-74H,11,13-14,20,23H2,1H3/b3-2-,19-6-. The third-order valence-corrected chi connectivity index (χ3v) is 14.2. The maximum atomic E-state index is 11.2. The number of rotatable bonds is 10. The first-order chi connectivity index (χ1) is 35.9. The number of para-hydroxylation sites is 2. The van der Waals surface area contributed by atoms with Crippen LogP contribution in [0.3, 0.4) is 0 Å². The van der Waals surface area contributed by atoms with E-state index in [2.05, 4.69) is 59.5 Å². The zero-order chi connectivity index (χ0) is 51.5. The molecule has 0 spiro atoms. The summed E-state index contributed by atoms with van der Waals surface area (Å²) in [5.74, 6) is -9.28. The Labute approximate surface area is 424 Å². The molecule has 11 rings (SSSR count). The van der Waals surface area contributed by atoms with Crippen molar-refractivity contribution in [1.29, 1.82) is 0 Å². The van der Waals surface area contributed by atoms with E-state index in [1.54, 1.807) is 16.7 Å². The van der Waals surface area contributed by atoms with E-state index >= 15 is 0 Å². The lowest BCUT2D eigenvalue weighted by molar-refractivity contribution is 0.327. The van der Waals surface area contributed by atoms with Crippen LogP contribution in [0, 0.1) is 0 Å². The van der Waals surface area contributed by atoms with E-state index in [1.807, 2.05) is 104 Å². The van der Waals surface area contributed by atoms with Crippen molar-refractivity contribution in [1.82, 2.24) is 9.13 Å². The summed E-state index contributed by atoms with van der Waals surface area (Å²) in [5.41, 5.74) is 10.2. The van der Waals surface area contributed by atoms with E-state index in [-0.39, 0.29) is 17.3 Å². The van der Waals surface area contributed by atoms with Crippen molar-refractivity contribution in [3.8, 4) is 91.1 Å². The van der Waals surface area contributed by atoms with Crippen LogP contribution >= 0.6 is 0 Å². The minimum atomic E-state index is -1.06. The van der Waals surface area contributed by atoms with Gasteiger partial charge in [-0.3, -0.25) is 0 Å². The van der Waals surface area contributed by atoms with Crippen LogP contribution in [0.5, 0.6) is 57.5 Å². The van der Waals surface area contributed by atoms with Crippen LogP contribution in [-0.4, -0.2) is 60.2 Å². The van der Waals surface area contributed by atoms with E-state index < -0.39 is 57.5 Å². The largest absolute Gasteiger partial charge is 0.503 e. The molecule has 7 aromatic carbocycles. The van der Waals surface area contributed by atoms with Crippen molar-refractivity contribution in [2.45, 2.75) is 44.9 Å². The normalized spacial score (nSPS) is 14.6. The van der Waals surface area contributed by atoms with Crippen LogP contribution in [0.4, 0.5) is 11.4 Å². The smallest absolute Gasteiger partial charge is 0.208 e. The van der Waals surface area contributed by atoms with Crippen molar-refractivity contribution in [2.75, 3.05) is 4.90 Å². The number of nitrogens with zero attached hydrogens (tertiary/aromatic N) is 3. The lowest BCUT2D eigenvalue weighted by Crippen LogP contribution is -2.24. The van der Waals surface area contributed by atoms with Crippen LogP contribution in [0.1, 0.15) is 61.0 Å². The van der Waals surface area contributed by atoms with E-state index in [1.165, 1.54) is 4.57 Å². The molecular formula is C61H51N3O10. The van der Waals surface area contributed by atoms with Gasteiger partial charge in [-0.2, -0.15) is 0 Å². The molecule has 2 aliphatic carbocycles. The fraction of sp³-hybridized carbons (Fsp3) is 0.115. The molecule has 13 heteroatoms. The van der Waals surface area contributed by atoms with Crippen LogP contribution in [0.15, 0.2) is 157 Å². The molecule has 10 N–H and O–H groups in total. The number of hydrogen-bond acceptors (Lipinski definition) is 11. The van der Waals surface area contributed by atoms with Gasteiger partial charge in [0.2, 0.25) is 34.5 Å². The molecule has 0 fully saturated rings. The second kappa shape index (κ2) is 18.5. The van der Waals surface area contributed by atoms with Gasteiger partial charge in [-0.1, -0.05) is 97.1 Å². The van der Waals surface area contributed by atoms with Gasteiger partial charge >= 0.3 is 0 Å². The summed E-state index contributed by atoms with van der Waals surface area (Å²) in [6.45, 7) is 1.86. The highest BCUT2D eigenvalue weighted by Gasteiger charge is 2.32. The Balaban J connectivity index is 1.13. The minimum absolute atomic E-state index is 0.0712. The van der Waals surface area contributed by atoms with Gasteiger partial charge in [-0.25, -0.2) is 0 Å². The molecular weight excluding hydrogens is 935 g/mol. The summed E-state index contributed by atoms with van der Waals surface area (Å²) in [5, 5.41) is 109. The third kappa shape index (κ3) is 7.64. The molecule has 74 heavy (non-hydrogen) atoms. The van der Waals surface area contributed by atoms with Crippen molar-refractivity contribution < 1.29 is 51.1 Å². The van der Waals surface area contributed by atoms with Crippen molar-refractivity contribution >= 4 is 45.3 Å². The highest BCUT2D eigenvalue weighted by atomic mass is 16.4. The fourth-order valence-corrected chi connectivity index (χ4v) is 10.7. The number of phenolic OH excluding ortho intramolecular Hbond substituents is 10. The quantitative estimate of drug-likeness (QED) is 0.0353. The summed E-state index contributed by atoms with van der Waals surface area (Å²) in [6, 6.07) is 40.7. The minimum Gasteiger partial charge on any atom is -0.503 e. The van der Waals surface area contributed by atoms with Gasteiger partial charge in [0, 0.05) is 50.7 Å². The predicted molar refractivity (Wildman–Crippen MR) is 289 cm³/mol. The lowest BCUT2D eigenvalue weighted by atomic mass is 9.82. The number of benzene rings is 7. The Morgan fingerprint density at radius 1 is 0.527 bits per heavy atom. The molecule has 1 atom stereocenters. The van der Waals surface area contributed by atoms with Gasteiger partial charge in [0.1, 0.15) is 11.4 Å². The predicted octanol–water partition coefficient (Wildman–Crippen LogP) is 13.5. The fourth-order valence-electron chi connectivity index (χ4n) is 10.7. The zero-order valence-corrected chi connectivity index (χ0v) is 40.0. The average Bonchev–Trinajstić information content (AvgIpc) is 3.97. The van der Waals surface area contributed by atoms with Gasteiger partial charge in [0.25, 0.3) is 0 Å². The third-order valence-electron chi connectivity index (χ3n) is 14.2. The molecule has 2 aliphatic rings. The van der Waals surface area contributed by atoms with E-state index in [9.17, 15) is 51.1 Å². The number of fused-ring (bicyclic) bond motifs is 4. The first-order valence-electron chi connectivity index (χ1n) is 24.3. The molecule has 0 saturated heterocycles. The topological polar surface area (TPSA) is 215 Å². The van der Waals surface area contributed by atoms with E-state index in [0.717, 1.165) is 80.8 Å². The molecule has 1 unspecified atom stereocenters. The van der Waals surface area contributed by atoms with Gasteiger partial charge in [-0.05, 0) is 134 Å². The Hall–Kier alpha value is -9.62. The summed E-state index contributed by atoms with van der Waals surface area (Å²) >= 11 is 0. The lowest BCUT2D eigenvalue weighted by Gasteiger charge is -2.36. The van der Waals surface area contributed by atoms with Gasteiger partial charge in [0.05, 0.1) is 11.0 Å². The average molecular weight is 986 g/mol. The van der Waals surface area contributed by atoms with Crippen LogP contribution < -0.4 is 4.90 Å². The number of hydrogen-bond donors (Lipinski definition) is 10. The first kappa shape index (κ1) is 46.7. The molecule has 2 aromatic heterocycles. The molecule has 0 saturated carbocycles. The van der Waals surface area contributed by atoms with Crippen LogP contribution in [0.2, 0.25) is 0 Å². The second-order valence-corrected chi connectivity index (χ2v) is 18.6. The maximum absolute atomic E-state index is 11.2. The summed E-state index contributed by atoms with van der Waals surface area (Å²) in [4.78, 5) is 2.33. The first-order valence-corrected chi connectivity index (χ1v) is 24.3. The second-order valence-electron chi connectivity index (χ2n) is 18.6. The maximum Gasteiger partial charge on any atom is 0.208 e. The van der Waals surface area contributed by atoms with Crippen LogP contribution in [0.25, 0.3) is 67.6 Å². The molecule has 0 amide bonds. The van der Waals surface area contributed by atoms with Crippen LogP contribution in [-0.2, 0) is 6.42 Å². The molecule has 13 nitrogen and oxygen atoms in total. The molecule has 2 heterocycles. The van der Waals surface area contributed by atoms with Crippen molar-refractivity contribution in [3.05, 3.63) is 180 Å². The van der Waals surface area contributed by atoms with Gasteiger partial charge < -0.3 is 65.1 Å². The summed E-state index contributed by atoms with van der Waals surface area (Å²) < 4.78 is 3.12. The Kier molecular flexibility index (Phi) is 11.7. The van der Waals surface area contributed by atoms with Crippen molar-refractivity contribution in [3.63, 3.8) is 0 Å². The Morgan fingerprint density at radius 2 is 1.08 bits per heavy atom. The summed E-state index contributed by atoms with van der Waals surface area (Å²) in [6.07, 6.45) is 17.4. The monoisotopic (exact) mass is 985 g/mol. The number of aromatic nitrogens is 2. The Morgan fingerprint density at radius 3 is 1.68 bits per heavy atom. The highest BCUT2D eigenvalue weighted by Crippen LogP contribution is 2.56. The molecule has 0 aliphatic heterocycles. The van der Waals surface area contributed by atoms with Gasteiger partial charge in [-0.15, -0.1) is 0 Å². The van der Waals surface area contributed by atoms with E-state index in [4.69, 9.17) is 0 Å². The Bertz CT molecular complexity index is 3750.